The zero-order valence-corrected chi connectivity index (χ0v) is 20.0. The van der Waals surface area contributed by atoms with Gasteiger partial charge in [0, 0.05) is 26.2 Å². The van der Waals surface area contributed by atoms with E-state index in [2.05, 4.69) is 29.1 Å². The maximum atomic E-state index is 13.7. The number of rotatable bonds is 3. The number of anilines is 1. The van der Waals surface area contributed by atoms with E-state index in [1.807, 2.05) is 23.7 Å². The van der Waals surface area contributed by atoms with Gasteiger partial charge in [-0.1, -0.05) is 40.6 Å². The van der Waals surface area contributed by atoms with Gasteiger partial charge in [0.1, 0.15) is 5.82 Å². The van der Waals surface area contributed by atoms with Gasteiger partial charge < -0.3 is 9.80 Å². The minimum atomic E-state index is -0.466. The summed E-state index contributed by atoms with van der Waals surface area (Å²) in [5, 5.41) is 5.88. The van der Waals surface area contributed by atoms with E-state index in [1.54, 1.807) is 16.2 Å². The van der Waals surface area contributed by atoms with Crippen molar-refractivity contribution in [2.45, 2.75) is 20.3 Å². The van der Waals surface area contributed by atoms with Gasteiger partial charge in [0.2, 0.25) is 0 Å². The monoisotopic (exact) mass is 483 g/mol. The molecule has 9 heteroatoms. The molecule has 0 bridgehead atoms. The standard InChI is InChI=1S/C24H23ClFN5OS/c1-15-4-7-18(8-5-15)31-22-21(16(2)28-31)33-24(27-22)30-11-3-10-29(12-13-30)23(32)19-14-17(26)6-9-20(19)25/h4-9,14H,3,10-13H2,1-2H3. The molecule has 5 rings (SSSR count). The van der Waals surface area contributed by atoms with E-state index in [0.29, 0.717) is 19.6 Å². The number of benzene rings is 2. The first-order valence-electron chi connectivity index (χ1n) is 10.8. The topological polar surface area (TPSA) is 54.3 Å². The highest BCUT2D eigenvalue weighted by atomic mass is 35.5. The first-order valence-corrected chi connectivity index (χ1v) is 12.0. The maximum Gasteiger partial charge on any atom is 0.255 e. The molecule has 170 valence electrons. The molecule has 1 aliphatic rings. The Labute approximate surface area is 200 Å². The van der Waals surface area contributed by atoms with Crippen LogP contribution in [-0.4, -0.2) is 51.8 Å². The third-order valence-corrected chi connectivity index (χ3v) is 7.41. The molecule has 0 aliphatic carbocycles. The van der Waals surface area contributed by atoms with Crippen LogP contribution < -0.4 is 4.90 Å². The summed E-state index contributed by atoms with van der Waals surface area (Å²) in [6, 6.07) is 12.1. The van der Waals surface area contributed by atoms with Gasteiger partial charge in [0.15, 0.2) is 10.8 Å². The minimum absolute atomic E-state index is 0.207. The van der Waals surface area contributed by atoms with Gasteiger partial charge in [0.25, 0.3) is 5.91 Å². The molecule has 0 atom stereocenters. The molecule has 6 nitrogen and oxygen atoms in total. The van der Waals surface area contributed by atoms with Gasteiger partial charge in [0.05, 0.1) is 26.7 Å². The number of fused-ring (bicyclic) bond motifs is 1. The van der Waals surface area contributed by atoms with E-state index >= 15 is 0 Å². The minimum Gasteiger partial charge on any atom is -0.346 e. The van der Waals surface area contributed by atoms with Crippen LogP contribution in [0.5, 0.6) is 0 Å². The highest BCUT2D eigenvalue weighted by Gasteiger charge is 2.25. The normalized spacial score (nSPS) is 14.7. The Bertz CT molecular complexity index is 1330. The van der Waals surface area contributed by atoms with Crippen LogP contribution in [0.4, 0.5) is 9.52 Å². The van der Waals surface area contributed by atoms with Crippen molar-refractivity contribution in [3.63, 3.8) is 0 Å². The second-order valence-corrected chi connectivity index (χ2v) is 9.62. The summed E-state index contributed by atoms with van der Waals surface area (Å²) in [6.07, 6.45) is 0.789. The molecule has 0 N–H and O–H groups in total. The number of nitrogens with zero attached hydrogens (tertiary/aromatic N) is 5. The van der Waals surface area contributed by atoms with Crippen LogP contribution in [0.25, 0.3) is 16.0 Å². The lowest BCUT2D eigenvalue weighted by molar-refractivity contribution is 0.0766. The van der Waals surface area contributed by atoms with Gasteiger partial charge in [-0.05, 0) is 50.6 Å². The third-order valence-electron chi connectivity index (χ3n) is 5.87. The van der Waals surface area contributed by atoms with Crippen LogP contribution in [0.3, 0.4) is 0 Å². The van der Waals surface area contributed by atoms with Crippen molar-refractivity contribution in [2.24, 2.45) is 0 Å². The van der Waals surface area contributed by atoms with Crippen LogP contribution in [0.2, 0.25) is 5.02 Å². The molecule has 0 radical (unpaired) electrons. The number of halogens is 2. The highest BCUT2D eigenvalue weighted by molar-refractivity contribution is 7.22. The molecule has 1 amide bonds. The second kappa shape index (κ2) is 8.76. The van der Waals surface area contributed by atoms with Crippen molar-refractivity contribution in [2.75, 3.05) is 31.1 Å². The van der Waals surface area contributed by atoms with Crippen LogP contribution in [0, 0.1) is 19.7 Å². The van der Waals surface area contributed by atoms with Gasteiger partial charge in [-0.3, -0.25) is 4.79 Å². The Morgan fingerprint density at radius 2 is 1.85 bits per heavy atom. The summed E-state index contributed by atoms with van der Waals surface area (Å²) < 4.78 is 16.6. The van der Waals surface area contributed by atoms with E-state index in [1.165, 1.54) is 23.8 Å². The Morgan fingerprint density at radius 1 is 1.06 bits per heavy atom. The van der Waals surface area contributed by atoms with Crippen molar-refractivity contribution in [3.8, 4) is 5.69 Å². The van der Waals surface area contributed by atoms with Crippen molar-refractivity contribution in [3.05, 3.63) is 70.1 Å². The quantitative estimate of drug-likeness (QED) is 0.399. The number of carbonyl (C=O) groups is 1. The van der Waals surface area contributed by atoms with Crippen LogP contribution in [0.15, 0.2) is 42.5 Å². The second-order valence-electron chi connectivity index (χ2n) is 8.24. The summed E-state index contributed by atoms with van der Waals surface area (Å²) in [7, 11) is 0. The molecular formula is C24H23ClFN5OS. The van der Waals surface area contributed by atoms with Crippen LogP contribution in [0.1, 0.15) is 28.0 Å². The molecular weight excluding hydrogens is 461 g/mol. The predicted octanol–water partition coefficient (Wildman–Crippen LogP) is 5.24. The van der Waals surface area contributed by atoms with Crippen molar-refractivity contribution < 1.29 is 9.18 Å². The predicted molar refractivity (Wildman–Crippen MR) is 130 cm³/mol. The van der Waals surface area contributed by atoms with Crippen molar-refractivity contribution in [1.82, 2.24) is 19.7 Å². The summed E-state index contributed by atoms with van der Waals surface area (Å²) in [5.41, 5.74) is 4.18. The number of aromatic nitrogens is 3. The molecule has 0 saturated carbocycles. The first-order chi connectivity index (χ1) is 15.9. The van der Waals surface area contributed by atoms with E-state index in [0.717, 1.165) is 39.8 Å². The van der Waals surface area contributed by atoms with E-state index in [9.17, 15) is 9.18 Å². The summed E-state index contributed by atoms with van der Waals surface area (Å²) in [6.45, 7) is 6.60. The van der Waals surface area contributed by atoms with Crippen molar-refractivity contribution in [1.29, 1.82) is 0 Å². The molecule has 33 heavy (non-hydrogen) atoms. The van der Waals surface area contributed by atoms with Gasteiger partial charge in [-0.2, -0.15) is 10.1 Å². The Kier molecular flexibility index (Phi) is 5.80. The average molecular weight is 484 g/mol. The lowest BCUT2D eigenvalue weighted by atomic mass is 10.2. The summed E-state index contributed by atoms with van der Waals surface area (Å²) >= 11 is 7.78. The lowest BCUT2D eigenvalue weighted by Gasteiger charge is -2.22. The van der Waals surface area contributed by atoms with Crippen LogP contribution in [-0.2, 0) is 0 Å². The Morgan fingerprint density at radius 3 is 2.64 bits per heavy atom. The fourth-order valence-corrected chi connectivity index (χ4v) is 5.30. The first kappa shape index (κ1) is 21.9. The molecule has 1 fully saturated rings. The SMILES string of the molecule is Cc1ccc(-n2nc(C)c3sc(N4CCCN(C(=O)c5cc(F)ccc5Cl)CC4)nc32)cc1. The highest BCUT2D eigenvalue weighted by Crippen LogP contribution is 2.33. The lowest BCUT2D eigenvalue weighted by Crippen LogP contribution is -2.35. The molecule has 2 aromatic carbocycles. The van der Waals surface area contributed by atoms with Gasteiger partial charge in [-0.25, -0.2) is 9.07 Å². The molecule has 4 aromatic rings. The van der Waals surface area contributed by atoms with Crippen molar-refractivity contribution >= 4 is 44.3 Å². The Balaban J connectivity index is 1.38. The van der Waals surface area contributed by atoms with E-state index in [4.69, 9.17) is 16.6 Å². The largest absolute Gasteiger partial charge is 0.346 e. The zero-order chi connectivity index (χ0) is 23.1. The third kappa shape index (κ3) is 4.20. The number of aryl methyl sites for hydroxylation is 2. The van der Waals surface area contributed by atoms with Gasteiger partial charge >= 0.3 is 0 Å². The van der Waals surface area contributed by atoms with Crippen LogP contribution >= 0.6 is 22.9 Å². The average Bonchev–Trinajstić information content (AvgIpc) is 3.26. The maximum absolute atomic E-state index is 13.7. The fourth-order valence-electron chi connectivity index (χ4n) is 4.07. The number of carbonyl (C=O) groups excluding carboxylic acids is 1. The number of amides is 1. The van der Waals surface area contributed by atoms with E-state index in [-0.39, 0.29) is 16.5 Å². The summed E-state index contributed by atoms with van der Waals surface area (Å²) in [4.78, 5) is 21.8. The summed E-state index contributed by atoms with van der Waals surface area (Å²) in [5.74, 6) is -0.705. The fraction of sp³-hybridized carbons (Fsp3) is 0.292. The number of hydrogen-bond donors (Lipinski definition) is 0. The molecule has 1 aliphatic heterocycles. The number of thiazole rings is 1. The molecule has 3 heterocycles. The molecule has 2 aromatic heterocycles. The van der Waals surface area contributed by atoms with Gasteiger partial charge in [-0.15, -0.1) is 0 Å². The smallest absolute Gasteiger partial charge is 0.255 e. The number of hydrogen-bond acceptors (Lipinski definition) is 5. The molecule has 0 spiro atoms. The van der Waals surface area contributed by atoms with E-state index < -0.39 is 5.82 Å². The zero-order valence-electron chi connectivity index (χ0n) is 18.4. The molecule has 1 saturated heterocycles. The molecule has 0 unspecified atom stereocenters. The Hall–Kier alpha value is -2.97.